The van der Waals surface area contributed by atoms with Crippen LogP contribution in [0.1, 0.15) is 24.3 Å². The molecule has 1 unspecified atom stereocenters. The number of piperidine rings is 1. The van der Waals surface area contributed by atoms with Gasteiger partial charge < -0.3 is 15.0 Å². The first-order valence-electron chi connectivity index (χ1n) is 14.7. The summed E-state index contributed by atoms with van der Waals surface area (Å²) < 4.78 is 31.0. The quantitative estimate of drug-likeness (QED) is 0.321. The number of anilines is 2. The van der Waals surface area contributed by atoms with Gasteiger partial charge in [-0.05, 0) is 68.2 Å². The van der Waals surface area contributed by atoms with Crippen LogP contribution < -0.4 is 10.9 Å². The molecule has 4 aromatic rings. The second kappa shape index (κ2) is 12.5. The maximum atomic E-state index is 13.9. The van der Waals surface area contributed by atoms with Gasteiger partial charge in [-0.2, -0.15) is 4.98 Å². The van der Waals surface area contributed by atoms with Crippen molar-refractivity contribution in [3.05, 3.63) is 70.8 Å². The maximum Gasteiger partial charge on any atom is 0.261 e. The molecule has 1 atom stereocenters. The minimum Gasteiger partial charge on any atom is -0.379 e. The van der Waals surface area contributed by atoms with Gasteiger partial charge in [-0.3, -0.25) is 19.2 Å². The van der Waals surface area contributed by atoms with Gasteiger partial charge in [0.1, 0.15) is 5.65 Å². The number of hydrogen-bond donors (Lipinski definition) is 1. The van der Waals surface area contributed by atoms with Crippen LogP contribution in [0.15, 0.2) is 64.5 Å². The Bertz CT molecular complexity index is 1750. The van der Waals surface area contributed by atoms with E-state index in [2.05, 4.69) is 56.4 Å². The Hall–Kier alpha value is -3.71. The summed E-state index contributed by atoms with van der Waals surface area (Å²) >= 11 is 0. The molecule has 6 rings (SSSR count). The van der Waals surface area contributed by atoms with Gasteiger partial charge in [-0.15, -0.1) is 0 Å². The molecule has 0 spiro atoms. The van der Waals surface area contributed by atoms with E-state index >= 15 is 0 Å². The summed E-state index contributed by atoms with van der Waals surface area (Å²) in [5.41, 5.74) is 3.25. The van der Waals surface area contributed by atoms with E-state index in [1.807, 2.05) is 0 Å². The highest BCUT2D eigenvalue weighted by Crippen LogP contribution is 2.28. The molecule has 2 aliphatic heterocycles. The first-order valence-corrected chi connectivity index (χ1v) is 16.6. The topological polar surface area (TPSA) is 123 Å². The molecule has 11 nitrogen and oxygen atoms in total. The van der Waals surface area contributed by atoms with Crippen LogP contribution in [-0.2, 0) is 21.1 Å². The summed E-state index contributed by atoms with van der Waals surface area (Å²) in [5, 5.41) is 4.00. The van der Waals surface area contributed by atoms with Crippen LogP contribution in [0.3, 0.4) is 0 Å². The summed E-state index contributed by atoms with van der Waals surface area (Å²) in [4.78, 5) is 32.3. The minimum absolute atomic E-state index is 0.0999. The second-order valence-corrected chi connectivity index (χ2v) is 13.5. The third-order valence-electron chi connectivity index (χ3n) is 8.27. The fourth-order valence-electron chi connectivity index (χ4n) is 5.84. The van der Waals surface area contributed by atoms with Gasteiger partial charge in [0.05, 0.1) is 29.4 Å². The fourth-order valence-corrected chi connectivity index (χ4v) is 6.40. The Morgan fingerprint density at radius 2 is 1.79 bits per heavy atom. The van der Waals surface area contributed by atoms with Crippen LogP contribution in [0.4, 0.5) is 11.6 Å². The van der Waals surface area contributed by atoms with Gasteiger partial charge in [0.2, 0.25) is 5.95 Å². The molecule has 12 heteroatoms. The number of benzene rings is 1. The number of likely N-dealkylation sites (N-methyl/N-ethyl adjacent to an activating group) is 1. The molecular weight excluding hydrogens is 566 g/mol. The van der Waals surface area contributed by atoms with Gasteiger partial charge in [0, 0.05) is 62.4 Å². The van der Waals surface area contributed by atoms with Crippen LogP contribution >= 0.6 is 0 Å². The van der Waals surface area contributed by atoms with Crippen LogP contribution in [0, 0.1) is 0 Å². The number of hydrogen-bond acceptors (Lipinski definition) is 10. The zero-order valence-electron chi connectivity index (χ0n) is 24.6. The number of aromatic nitrogens is 4. The number of sulfone groups is 1. The van der Waals surface area contributed by atoms with Crippen molar-refractivity contribution in [2.24, 2.45) is 0 Å². The number of nitrogens with zero attached hydrogens (tertiary/aromatic N) is 6. The first kappa shape index (κ1) is 29.4. The van der Waals surface area contributed by atoms with Crippen molar-refractivity contribution in [1.29, 1.82) is 0 Å². The number of nitrogens with one attached hydrogen (secondary N) is 1. The Balaban J connectivity index is 1.31. The maximum absolute atomic E-state index is 13.9. The Kier molecular flexibility index (Phi) is 8.53. The number of morpholine rings is 1. The lowest BCUT2D eigenvalue weighted by Gasteiger charge is -2.30. The highest BCUT2D eigenvalue weighted by Gasteiger charge is 2.20. The van der Waals surface area contributed by atoms with Gasteiger partial charge in [0.15, 0.2) is 9.84 Å². The smallest absolute Gasteiger partial charge is 0.261 e. The van der Waals surface area contributed by atoms with Crippen LogP contribution in [0.25, 0.3) is 22.3 Å². The van der Waals surface area contributed by atoms with Crippen molar-refractivity contribution >= 4 is 32.5 Å². The highest BCUT2D eigenvalue weighted by molar-refractivity contribution is 7.90. The van der Waals surface area contributed by atoms with Crippen molar-refractivity contribution in [2.75, 3.05) is 64.6 Å². The lowest BCUT2D eigenvalue weighted by Crippen LogP contribution is -2.39. The Labute approximate surface area is 251 Å². The van der Waals surface area contributed by atoms with E-state index in [9.17, 15) is 13.2 Å². The SMILES string of the molecule is CN1CCCC(c2ccc(Nc3ncc4cc(-c5ccc(S(C)(=O)=O)cn5)c(=O)n(CCN5CCOCC5)c4n3)cc2)C1. The number of rotatable bonds is 8. The Morgan fingerprint density at radius 3 is 2.49 bits per heavy atom. The molecule has 0 radical (unpaired) electrons. The predicted molar refractivity (Wildman–Crippen MR) is 167 cm³/mol. The summed E-state index contributed by atoms with van der Waals surface area (Å²) in [5.74, 6) is 0.942. The summed E-state index contributed by atoms with van der Waals surface area (Å²) in [6, 6.07) is 13.2. The second-order valence-electron chi connectivity index (χ2n) is 11.4. The number of pyridine rings is 2. The van der Waals surface area contributed by atoms with E-state index in [0.717, 1.165) is 38.1 Å². The van der Waals surface area contributed by atoms with E-state index in [1.165, 1.54) is 30.7 Å². The fraction of sp³-hybridized carbons (Fsp3) is 0.419. The standard InChI is InChI=1S/C31H37N7O4S/c1-36-11-3-4-23(21-36)22-5-7-25(8-6-22)34-31-33-19-24-18-27(28-10-9-26(20-32-28)43(2,40)41)30(39)38(29(24)35-31)13-12-37-14-16-42-17-15-37/h5-10,18-20,23H,3-4,11-17,21H2,1-2H3,(H,33,34,35). The molecule has 0 saturated carbocycles. The van der Waals surface area contributed by atoms with E-state index in [-0.39, 0.29) is 10.5 Å². The van der Waals surface area contributed by atoms with E-state index in [1.54, 1.807) is 22.9 Å². The molecule has 2 fully saturated rings. The van der Waals surface area contributed by atoms with Crippen LogP contribution in [-0.4, -0.2) is 97.0 Å². The number of fused-ring (bicyclic) bond motifs is 1. The lowest BCUT2D eigenvalue weighted by atomic mass is 9.91. The summed E-state index contributed by atoms with van der Waals surface area (Å²) in [7, 11) is -1.23. The molecule has 43 heavy (non-hydrogen) atoms. The van der Waals surface area contributed by atoms with Crippen LogP contribution in [0.2, 0.25) is 0 Å². The molecule has 0 amide bonds. The monoisotopic (exact) mass is 603 g/mol. The van der Waals surface area contributed by atoms with E-state index in [4.69, 9.17) is 9.72 Å². The molecule has 1 aromatic carbocycles. The molecular formula is C31H37N7O4S. The zero-order valence-corrected chi connectivity index (χ0v) is 25.4. The highest BCUT2D eigenvalue weighted by atomic mass is 32.2. The van der Waals surface area contributed by atoms with Crippen molar-refractivity contribution in [1.82, 2.24) is 29.3 Å². The zero-order chi connectivity index (χ0) is 30.0. The van der Waals surface area contributed by atoms with Crippen molar-refractivity contribution in [3.63, 3.8) is 0 Å². The third-order valence-corrected chi connectivity index (χ3v) is 9.37. The molecule has 0 bridgehead atoms. The van der Waals surface area contributed by atoms with Gasteiger partial charge in [-0.25, -0.2) is 13.4 Å². The third kappa shape index (κ3) is 6.77. The molecule has 2 aliphatic rings. The number of likely N-dealkylation sites (tertiary alicyclic amines) is 1. The van der Waals surface area contributed by atoms with E-state index in [0.29, 0.717) is 60.5 Å². The summed E-state index contributed by atoms with van der Waals surface area (Å²) in [6.07, 6.45) is 6.53. The van der Waals surface area contributed by atoms with Gasteiger partial charge in [-0.1, -0.05) is 12.1 Å². The van der Waals surface area contributed by atoms with Crippen molar-refractivity contribution < 1.29 is 13.2 Å². The minimum atomic E-state index is -3.41. The molecule has 0 aliphatic carbocycles. The first-order chi connectivity index (χ1) is 20.7. The molecule has 2 saturated heterocycles. The molecule has 3 aromatic heterocycles. The largest absolute Gasteiger partial charge is 0.379 e. The lowest BCUT2D eigenvalue weighted by molar-refractivity contribution is 0.0364. The van der Waals surface area contributed by atoms with E-state index < -0.39 is 9.84 Å². The average Bonchev–Trinajstić information content (AvgIpc) is 3.01. The molecule has 5 heterocycles. The van der Waals surface area contributed by atoms with Gasteiger partial charge >= 0.3 is 0 Å². The van der Waals surface area contributed by atoms with Crippen molar-refractivity contribution in [2.45, 2.75) is 30.2 Å². The van der Waals surface area contributed by atoms with Crippen molar-refractivity contribution in [3.8, 4) is 11.3 Å². The Morgan fingerprint density at radius 1 is 1.00 bits per heavy atom. The average molecular weight is 604 g/mol. The van der Waals surface area contributed by atoms with Crippen LogP contribution in [0.5, 0.6) is 0 Å². The molecule has 226 valence electrons. The molecule has 1 N–H and O–H groups in total. The predicted octanol–water partition coefficient (Wildman–Crippen LogP) is 3.14. The summed E-state index contributed by atoms with van der Waals surface area (Å²) in [6.45, 7) is 6.24. The van der Waals surface area contributed by atoms with Gasteiger partial charge in [0.25, 0.3) is 5.56 Å². The normalized spacial score (nSPS) is 18.6. The number of ether oxygens (including phenoxy) is 1.